The van der Waals surface area contributed by atoms with Gasteiger partial charge >= 0.3 is 0 Å². The van der Waals surface area contributed by atoms with E-state index in [0.29, 0.717) is 17.2 Å². The van der Waals surface area contributed by atoms with E-state index < -0.39 is 9.84 Å². The third-order valence-corrected chi connectivity index (χ3v) is 9.33. The SMILES string of the molecule is COc1cccc([C@@H]2CC(=O)Nc3c(S(=O)(=O)c4ccccc4)csc32)c1OC1CCCC1. The van der Waals surface area contributed by atoms with Crippen LogP contribution in [-0.2, 0) is 14.6 Å². The van der Waals surface area contributed by atoms with Crippen LogP contribution in [0.1, 0.15) is 48.5 Å². The number of para-hydroxylation sites is 1. The molecule has 0 unspecified atom stereocenters. The first kappa shape index (κ1) is 22.0. The summed E-state index contributed by atoms with van der Waals surface area (Å²) in [6.45, 7) is 0. The van der Waals surface area contributed by atoms with Crippen LogP contribution in [0.15, 0.2) is 63.7 Å². The number of amides is 1. The van der Waals surface area contributed by atoms with E-state index in [4.69, 9.17) is 9.47 Å². The molecule has 2 heterocycles. The van der Waals surface area contributed by atoms with Crippen LogP contribution in [0.3, 0.4) is 0 Å². The van der Waals surface area contributed by atoms with Crippen molar-refractivity contribution in [1.29, 1.82) is 0 Å². The van der Waals surface area contributed by atoms with Crippen molar-refractivity contribution in [2.45, 2.75) is 53.9 Å². The van der Waals surface area contributed by atoms with Crippen molar-refractivity contribution < 1.29 is 22.7 Å². The summed E-state index contributed by atoms with van der Waals surface area (Å²) in [5.41, 5.74) is 1.22. The summed E-state index contributed by atoms with van der Waals surface area (Å²) in [7, 11) is -2.16. The minimum absolute atomic E-state index is 0.120. The van der Waals surface area contributed by atoms with Crippen molar-refractivity contribution in [2.75, 3.05) is 12.4 Å². The van der Waals surface area contributed by atoms with Crippen LogP contribution in [0, 0.1) is 0 Å². The molecule has 1 aromatic heterocycles. The highest BCUT2D eigenvalue weighted by molar-refractivity contribution is 7.91. The zero-order valence-corrected chi connectivity index (χ0v) is 19.9. The fraction of sp³-hybridized carbons (Fsp3) is 0.320. The fourth-order valence-electron chi connectivity index (χ4n) is 4.65. The van der Waals surface area contributed by atoms with E-state index >= 15 is 0 Å². The first-order valence-electron chi connectivity index (χ1n) is 11.0. The normalized spacial score (nSPS) is 18.6. The first-order valence-corrected chi connectivity index (χ1v) is 13.4. The van der Waals surface area contributed by atoms with Gasteiger partial charge in [-0.1, -0.05) is 30.3 Å². The molecule has 6 nitrogen and oxygen atoms in total. The number of hydrogen-bond acceptors (Lipinski definition) is 6. The van der Waals surface area contributed by atoms with Gasteiger partial charge in [-0.3, -0.25) is 4.79 Å². The number of carbonyl (C=O) groups is 1. The lowest BCUT2D eigenvalue weighted by atomic mass is 9.89. The van der Waals surface area contributed by atoms with Crippen LogP contribution in [-0.4, -0.2) is 27.5 Å². The molecule has 0 saturated heterocycles. The van der Waals surface area contributed by atoms with Gasteiger partial charge in [0.2, 0.25) is 15.7 Å². The van der Waals surface area contributed by atoms with Crippen molar-refractivity contribution in [2.24, 2.45) is 0 Å². The molecule has 3 aromatic rings. The number of methoxy groups -OCH3 is 1. The van der Waals surface area contributed by atoms with Gasteiger partial charge in [0, 0.05) is 28.2 Å². The second kappa shape index (κ2) is 8.83. The number of sulfone groups is 1. The number of nitrogens with one attached hydrogen (secondary N) is 1. The quantitative estimate of drug-likeness (QED) is 0.509. The van der Waals surface area contributed by atoms with Gasteiger partial charge in [0.15, 0.2) is 11.5 Å². The van der Waals surface area contributed by atoms with Crippen LogP contribution >= 0.6 is 11.3 Å². The molecule has 5 rings (SSSR count). The second-order valence-corrected chi connectivity index (χ2v) is 11.2. The molecule has 1 saturated carbocycles. The van der Waals surface area contributed by atoms with Crippen LogP contribution < -0.4 is 14.8 Å². The Morgan fingerprint density at radius 3 is 2.52 bits per heavy atom. The molecule has 8 heteroatoms. The number of anilines is 1. The summed E-state index contributed by atoms with van der Waals surface area (Å²) in [6.07, 6.45) is 4.59. The zero-order valence-electron chi connectivity index (χ0n) is 18.2. The summed E-state index contributed by atoms with van der Waals surface area (Å²) in [5.74, 6) is 0.744. The molecule has 1 aliphatic carbocycles. The second-order valence-electron chi connectivity index (χ2n) is 8.36. The maximum absolute atomic E-state index is 13.3. The lowest BCUT2D eigenvalue weighted by molar-refractivity contribution is -0.116. The van der Waals surface area contributed by atoms with Gasteiger partial charge in [-0.05, 0) is 43.9 Å². The predicted molar refractivity (Wildman–Crippen MR) is 127 cm³/mol. The van der Waals surface area contributed by atoms with E-state index in [1.807, 2.05) is 18.2 Å². The van der Waals surface area contributed by atoms with Crippen molar-refractivity contribution in [3.05, 3.63) is 64.4 Å². The van der Waals surface area contributed by atoms with Gasteiger partial charge in [-0.2, -0.15) is 0 Å². The molecule has 2 aliphatic rings. The molecule has 0 bridgehead atoms. The summed E-state index contributed by atoms with van der Waals surface area (Å²) < 4.78 is 38.7. The molecular weight excluding hydrogens is 458 g/mol. The average molecular weight is 484 g/mol. The van der Waals surface area contributed by atoms with Crippen LogP contribution in [0.2, 0.25) is 0 Å². The van der Waals surface area contributed by atoms with Gasteiger partial charge < -0.3 is 14.8 Å². The van der Waals surface area contributed by atoms with Gasteiger partial charge in [0.1, 0.15) is 4.90 Å². The summed E-state index contributed by atoms with van der Waals surface area (Å²) in [5, 5.41) is 4.45. The molecule has 1 aliphatic heterocycles. The molecule has 0 spiro atoms. The Labute approximate surface area is 197 Å². The maximum Gasteiger partial charge on any atom is 0.225 e. The van der Waals surface area contributed by atoms with Gasteiger partial charge in [-0.15, -0.1) is 11.3 Å². The number of fused-ring (bicyclic) bond motifs is 1. The molecular formula is C25H25NO5S2. The third-order valence-electron chi connectivity index (χ3n) is 6.29. The molecule has 1 N–H and O–H groups in total. The highest BCUT2D eigenvalue weighted by Gasteiger charge is 2.36. The van der Waals surface area contributed by atoms with Gasteiger partial charge in [-0.25, -0.2) is 8.42 Å². The lowest BCUT2D eigenvalue weighted by Gasteiger charge is -2.27. The topological polar surface area (TPSA) is 81.7 Å². The van der Waals surface area contributed by atoms with Crippen LogP contribution in [0.5, 0.6) is 11.5 Å². The maximum atomic E-state index is 13.3. The Morgan fingerprint density at radius 2 is 1.79 bits per heavy atom. The van der Waals surface area contributed by atoms with E-state index in [0.717, 1.165) is 36.1 Å². The van der Waals surface area contributed by atoms with E-state index in [1.54, 1.807) is 42.8 Å². The van der Waals surface area contributed by atoms with E-state index in [1.165, 1.54) is 11.3 Å². The first-order chi connectivity index (χ1) is 16.0. The summed E-state index contributed by atoms with van der Waals surface area (Å²) >= 11 is 1.35. The molecule has 1 atom stereocenters. The minimum atomic E-state index is -3.77. The fourth-order valence-corrected chi connectivity index (χ4v) is 7.57. The smallest absolute Gasteiger partial charge is 0.225 e. The van der Waals surface area contributed by atoms with E-state index in [2.05, 4.69) is 5.32 Å². The van der Waals surface area contributed by atoms with Crippen molar-refractivity contribution in [1.82, 2.24) is 0 Å². The van der Waals surface area contributed by atoms with Gasteiger partial charge in [0.25, 0.3) is 0 Å². The number of thiophene rings is 1. The number of benzene rings is 2. The Bertz CT molecular complexity index is 1280. The summed E-state index contributed by atoms with van der Waals surface area (Å²) in [4.78, 5) is 13.9. The molecule has 0 radical (unpaired) electrons. The molecule has 1 amide bonds. The highest BCUT2D eigenvalue weighted by atomic mass is 32.2. The molecule has 2 aromatic carbocycles. The minimum Gasteiger partial charge on any atom is -0.493 e. The van der Waals surface area contributed by atoms with Crippen LogP contribution in [0.4, 0.5) is 5.69 Å². The lowest BCUT2D eigenvalue weighted by Crippen LogP contribution is -2.24. The number of carbonyl (C=O) groups excluding carboxylic acids is 1. The predicted octanol–water partition coefficient (Wildman–Crippen LogP) is 5.39. The molecule has 33 heavy (non-hydrogen) atoms. The van der Waals surface area contributed by atoms with E-state index in [9.17, 15) is 13.2 Å². The number of rotatable bonds is 6. The van der Waals surface area contributed by atoms with E-state index in [-0.39, 0.29) is 34.1 Å². The van der Waals surface area contributed by atoms with Crippen molar-refractivity contribution in [3.63, 3.8) is 0 Å². The largest absolute Gasteiger partial charge is 0.493 e. The Balaban J connectivity index is 1.60. The van der Waals surface area contributed by atoms with Crippen molar-refractivity contribution in [3.8, 4) is 11.5 Å². The van der Waals surface area contributed by atoms with Crippen LogP contribution in [0.25, 0.3) is 0 Å². The molecule has 1 fully saturated rings. The van der Waals surface area contributed by atoms with Crippen molar-refractivity contribution >= 4 is 32.8 Å². The number of hydrogen-bond donors (Lipinski definition) is 1. The Morgan fingerprint density at radius 1 is 1.03 bits per heavy atom. The Hall–Kier alpha value is -2.84. The molecule has 172 valence electrons. The number of ether oxygens (including phenoxy) is 2. The Kier molecular flexibility index (Phi) is 5.88. The zero-order chi connectivity index (χ0) is 23.0. The monoisotopic (exact) mass is 483 g/mol. The van der Waals surface area contributed by atoms with Gasteiger partial charge in [0.05, 0.1) is 23.8 Å². The average Bonchev–Trinajstić information content (AvgIpc) is 3.49. The highest BCUT2D eigenvalue weighted by Crippen LogP contribution is 2.49. The third kappa shape index (κ3) is 4.02. The summed E-state index contributed by atoms with van der Waals surface area (Å²) in [6, 6.07) is 14.0. The standard InChI is InChI=1S/C25H25NO5S2/c1-30-20-13-7-12-18(24(20)31-16-8-5-6-9-16)19-14-22(27)26-23-21(15-32-25(19)23)33(28,29)17-10-3-2-4-11-17/h2-4,7,10-13,15-16,19H,5-6,8-9,14H2,1H3,(H,26,27)/t19-/m0/s1.